The summed E-state index contributed by atoms with van der Waals surface area (Å²) in [7, 11) is 0. The molecule has 0 unspecified atom stereocenters. The van der Waals surface area contributed by atoms with Gasteiger partial charge in [-0.3, -0.25) is 9.78 Å². The molecule has 1 fully saturated rings. The van der Waals surface area contributed by atoms with Gasteiger partial charge in [-0.2, -0.15) is 0 Å². The molecule has 0 aliphatic heterocycles. The molecule has 138 valence electrons. The van der Waals surface area contributed by atoms with E-state index >= 15 is 0 Å². The number of pyridine rings is 2. The first-order valence-electron chi connectivity index (χ1n) is 8.93. The van der Waals surface area contributed by atoms with Crippen LogP contribution in [0.5, 0.6) is 0 Å². The van der Waals surface area contributed by atoms with E-state index in [-0.39, 0.29) is 5.78 Å². The Bertz CT molecular complexity index is 950. The van der Waals surface area contributed by atoms with E-state index in [1.54, 1.807) is 24.5 Å². The first-order chi connectivity index (χ1) is 13.1. The molecule has 1 aliphatic carbocycles. The summed E-state index contributed by atoms with van der Waals surface area (Å²) < 4.78 is 6.09. The van der Waals surface area contributed by atoms with Crippen molar-refractivity contribution in [3.05, 3.63) is 53.3 Å². The molecule has 0 N–H and O–H groups in total. The van der Waals surface area contributed by atoms with Crippen LogP contribution < -0.4 is 0 Å². The smallest absolute Gasteiger partial charge is 0.199 e. The van der Waals surface area contributed by atoms with Crippen molar-refractivity contribution in [2.45, 2.75) is 48.6 Å². The Balaban J connectivity index is 1.68. The highest BCUT2D eigenvalue weighted by atomic mass is 35.5. The Morgan fingerprint density at radius 3 is 2.67 bits per heavy atom. The van der Waals surface area contributed by atoms with Gasteiger partial charge < -0.3 is 4.42 Å². The van der Waals surface area contributed by atoms with Crippen LogP contribution in [0.1, 0.15) is 54.9 Å². The first-order valence-corrected chi connectivity index (χ1v) is 10.1. The molecule has 7 heteroatoms. The number of carbonyl (C=O) groups is 1. The summed E-state index contributed by atoms with van der Waals surface area (Å²) in [6.45, 7) is 1.83. The lowest BCUT2D eigenvalue weighted by Crippen LogP contribution is -2.08. The fraction of sp³-hybridized carbons (Fsp3) is 0.300. The minimum atomic E-state index is 0.0248. The Labute approximate surface area is 166 Å². The quantitative estimate of drug-likeness (QED) is 0.488. The van der Waals surface area contributed by atoms with Gasteiger partial charge in [0.05, 0.1) is 5.02 Å². The van der Waals surface area contributed by atoms with Gasteiger partial charge in [0.1, 0.15) is 16.4 Å². The first kappa shape index (κ1) is 18.2. The van der Waals surface area contributed by atoms with E-state index in [2.05, 4.69) is 9.97 Å². The number of halogens is 1. The van der Waals surface area contributed by atoms with Crippen molar-refractivity contribution < 1.29 is 9.21 Å². The monoisotopic (exact) mass is 399 g/mol. The van der Waals surface area contributed by atoms with Gasteiger partial charge in [0.25, 0.3) is 0 Å². The van der Waals surface area contributed by atoms with E-state index in [1.165, 1.54) is 18.2 Å². The lowest BCUT2D eigenvalue weighted by molar-refractivity contribution is 0.0983. The molecule has 4 rings (SSSR count). The maximum atomic E-state index is 11.8. The zero-order valence-electron chi connectivity index (χ0n) is 14.8. The van der Waals surface area contributed by atoms with Gasteiger partial charge in [0.15, 0.2) is 16.8 Å². The summed E-state index contributed by atoms with van der Waals surface area (Å²) in [5.41, 5.74) is 2.03. The fourth-order valence-corrected chi connectivity index (χ4v) is 3.73. The average Bonchev–Trinajstić information content (AvgIpc) is 3.04. The van der Waals surface area contributed by atoms with Crippen LogP contribution in [0, 0.1) is 0 Å². The number of hydrogen-bond donors (Lipinski definition) is 0. The third-order valence-corrected chi connectivity index (χ3v) is 5.74. The molecule has 0 amide bonds. The van der Waals surface area contributed by atoms with Gasteiger partial charge in [-0.05, 0) is 48.9 Å². The van der Waals surface area contributed by atoms with Crippen LogP contribution >= 0.6 is 23.4 Å². The molecule has 1 aliphatic rings. The van der Waals surface area contributed by atoms with Crippen molar-refractivity contribution in [1.29, 1.82) is 0 Å². The van der Waals surface area contributed by atoms with Gasteiger partial charge >= 0.3 is 0 Å². The largest absolute Gasteiger partial charge is 0.433 e. The summed E-state index contributed by atoms with van der Waals surface area (Å²) >= 11 is 7.33. The van der Waals surface area contributed by atoms with E-state index in [0.29, 0.717) is 28.1 Å². The van der Waals surface area contributed by atoms with Crippen LogP contribution in [0.15, 0.2) is 51.2 Å². The lowest BCUT2D eigenvalue weighted by atomic mass is 9.85. The van der Waals surface area contributed by atoms with Crippen LogP contribution in [0.25, 0.3) is 11.3 Å². The minimum absolute atomic E-state index is 0.0248. The number of aromatic nitrogens is 3. The Morgan fingerprint density at radius 2 is 2.07 bits per heavy atom. The average molecular weight is 400 g/mol. The van der Waals surface area contributed by atoms with E-state index in [0.717, 1.165) is 35.0 Å². The summed E-state index contributed by atoms with van der Waals surface area (Å²) in [6.07, 6.45) is 7.14. The van der Waals surface area contributed by atoms with E-state index in [9.17, 15) is 4.79 Å². The van der Waals surface area contributed by atoms with Gasteiger partial charge in [0.2, 0.25) is 0 Å². The number of oxazole rings is 1. The Hall–Kier alpha value is -2.18. The number of Topliss-reactive ketones (excluding diaryl/α,β-unsaturated/α-hetero) is 1. The van der Waals surface area contributed by atoms with Crippen molar-refractivity contribution in [2.75, 3.05) is 0 Å². The number of rotatable bonds is 6. The number of carbonyl (C=O) groups excluding carboxylic acids is 1. The third-order valence-electron chi connectivity index (χ3n) is 4.61. The highest BCUT2D eigenvalue weighted by molar-refractivity contribution is 7.99. The molecule has 27 heavy (non-hydrogen) atoms. The molecular weight excluding hydrogens is 382 g/mol. The normalized spacial score (nSPS) is 14.1. The number of ketones is 1. The topological polar surface area (TPSA) is 68.9 Å². The molecule has 0 radical (unpaired) electrons. The fourth-order valence-electron chi connectivity index (χ4n) is 2.80. The molecule has 0 spiro atoms. The number of hydrogen-bond acceptors (Lipinski definition) is 6. The molecule has 3 aromatic heterocycles. The van der Waals surface area contributed by atoms with Crippen molar-refractivity contribution in [1.82, 2.24) is 15.0 Å². The Kier molecular flexibility index (Phi) is 5.27. The Morgan fingerprint density at radius 1 is 1.22 bits per heavy atom. The maximum Gasteiger partial charge on any atom is 0.199 e. The van der Waals surface area contributed by atoms with Gasteiger partial charge in [0, 0.05) is 30.3 Å². The van der Waals surface area contributed by atoms with E-state index in [4.69, 9.17) is 21.0 Å². The molecule has 3 aromatic rings. The molecule has 3 heterocycles. The molecule has 0 bridgehead atoms. The second-order valence-electron chi connectivity index (χ2n) is 6.44. The van der Waals surface area contributed by atoms with Crippen LogP contribution in [0.4, 0.5) is 0 Å². The predicted octanol–water partition coefficient (Wildman–Crippen LogP) is 5.80. The summed E-state index contributed by atoms with van der Waals surface area (Å²) in [5, 5.41) is 2.05. The summed E-state index contributed by atoms with van der Waals surface area (Å²) in [5.74, 6) is 1.17. The van der Waals surface area contributed by atoms with Crippen molar-refractivity contribution in [2.24, 2.45) is 0 Å². The molecule has 0 atom stereocenters. The van der Waals surface area contributed by atoms with Gasteiger partial charge in [-0.25, -0.2) is 9.97 Å². The minimum Gasteiger partial charge on any atom is -0.433 e. The van der Waals surface area contributed by atoms with E-state index in [1.807, 2.05) is 19.1 Å². The van der Waals surface area contributed by atoms with Crippen molar-refractivity contribution in [3.8, 4) is 11.3 Å². The van der Waals surface area contributed by atoms with Gasteiger partial charge in [-0.15, -0.1) is 0 Å². The standard InChI is InChI=1S/C20H18ClN3O2S/c1-2-16(25)15-8-6-13(10-22-15)18-20(26-19(24-18)12-4-3-5-12)27-17-9-7-14(21)11-23-17/h6-12H,2-5H2,1H3. The van der Waals surface area contributed by atoms with Crippen LogP contribution in [0.2, 0.25) is 5.02 Å². The van der Waals surface area contributed by atoms with Gasteiger partial charge in [-0.1, -0.05) is 24.9 Å². The van der Waals surface area contributed by atoms with Crippen molar-refractivity contribution >= 4 is 29.1 Å². The second kappa shape index (κ2) is 7.82. The number of nitrogens with zero attached hydrogens (tertiary/aromatic N) is 3. The van der Waals surface area contributed by atoms with E-state index < -0.39 is 0 Å². The zero-order chi connectivity index (χ0) is 18.8. The maximum absolute atomic E-state index is 11.8. The SMILES string of the molecule is CCC(=O)c1ccc(-c2nc(C3CCC3)oc2Sc2ccc(Cl)cn2)cn1. The van der Waals surface area contributed by atoms with Crippen LogP contribution in [-0.4, -0.2) is 20.7 Å². The highest BCUT2D eigenvalue weighted by Crippen LogP contribution is 2.42. The second-order valence-corrected chi connectivity index (χ2v) is 7.87. The molecule has 0 saturated heterocycles. The molecular formula is C20H18ClN3O2S. The van der Waals surface area contributed by atoms with Crippen LogP contribution in [0.3, 0.4) is 0 Å². The molecule has 5 nitrogen and oxygen atoms in total. The third kappa shape index (κ3) is 3.92. The zero-order valence-corrected chi connectivity index (χ0v) is 16.4. The highest BCUT2D eigenvalue weighted by Gasteiger charge is 2.27. The lowest BCUT2D eigenvalue weighted by Gasteiger charge is -2.21. The molecule has 1 saturated carbocycles. The van der Waals surface area contributed by atoms with Crippen molar-refractivity contribution in [3.63, 3.8) is 0 Å². The summed E-state index contributed by atoms with van der Waals surface area (Å²) in [6, 6.07) is 7.27. The molecule has 0 aromatic carbocycles. The van der Waals surface area contributed by atoms with Crippen LogP contribution in [-0.2, 0) is 0 Å². The summed E-state index contributed by atoms with van der Waals surface area (Å²) in [4.78, 5) is 25.2. The predicted molar refractivity (Wildman–Crippen MR) is 104 cm³/mol.